The number of hydrogen-bond acceptors (Lipinski definition) is 2. The van der Waals surface area contributed by atoms with Crippen molar-refractivity contribution in [2.75, 3.05) is 0 Å². The van der Waals surface area contributed by atoms with Crippen molar-refractivity contribution in [3.8, 4) is 0 Å². The topological polar surface area (TPSA) is 55.1 Å². The van der Waals surface area contributed by atoms with E-state index in [9.17, 15) is 4.79 Å². The number of thiocarbonyl (C=S) groups is 1. The van der Waals surface area contributed by atoms with Gasteiger partial charge < -0.3 is 5.73 Å². The second kappa shape index (κ2) is 4.89. The summed E-state index contributed by atoms with van der Waals surface area (Å²) in [6.45, 7) is 4.20. The number of nitrogens with one attached hydrogen (secondary N) is 1. The van der Waals surface area contributed by atoms with Gasteiger partial charge in [0.05, 0.1) is 0 Å². The highest BCUT2D eigenvalue weighted by molar-refractivity contribution is 7.80. The Hall–Kier alpha value is -1.42. The fourth-order valence-electron chi connectivity index (χ4n) is 1.20. The molecule has 0 unspecified atom stereocenters. The van der Waals surface area contributed by atoms with E-state index in [2.05, 4.69) is 31.4 Å². The summed E-state index contributed by atoms with van der Waals surface area (Å²) in [6, 6.07) is 7.39. The van der Waals surface area contributed by atoms with Crippen LogP contribution in [0.25, 0.3) is 0 Å². The molecule has 4 heteroatoms. The highest BCUT2D eigenvalue weighted by atomic mass is 32.1. The van der Waals surface area contributed by atoms with Crippen LogP contribution in [0.3, 0.4) is 0 Å². The summed E-state index contributed by atoms with van der Waals surface area (Å²) < 4.78 is 0. The Morgan fingerprint density at radius 2 is 1.87 bits per heavy atom. The van der Waals surface area contributed by atoms with Crippen molar-refractivity contribution in [2.45, 2.75) is 19.8 Å². The molecule has 0 atom stereocenters. The highest BCUT2D eigenvalue weighted by Gasteiger charge is 2.06. The minimum absolute atomic E-state index is 0.00654. The van der Waals surface area contributed by atoms with E-state index in [1.807, 2.05) is 12.1 Å². The third kappa shape index (κ3) is 3.32. The molecule has 0 spiro atoms. The molecule has 0 saturated carbocycles. The molecule has 0 aliphatic carbocycles. The Morgan fingerprint density at radius 3 is 2.27 bits per heavy atom. The molecule has 1 rings (SSSR count). The van der Waals surface area contributed by atoms with Gasteiger partial charge in [-0.3, -0.25) is 10.1 Å². The summed E-state index contributed by atoms with van der Waals surface area (Å²) in [6.07, 6.45) is 0. The lowest BCUT2D eigenvalue weighted by atomic mass is 10.0. The minimum atomic E-state index is -0.266. The van der Waals surface area contributed by atoms with Crippen molar-refractivity contribution in [1.82, 2.24) is 5.32 Å². The Kier molecular flexibility index (Phi) is 3.80. The van der Waals surface area contributed by atoms with Gasteiger partial charge in [-0.05, 0) is 35.8 Å². The van der Waals surface area contributed by atoms with E-state index in [4.69, 9.17) is 5.73 Å². The SMILES string of the molecule is CC(C)c1ccc(C(=O)NC(N)=S)cc1. The van der Waals surface area contributed by atoms with Gasteiger partial charge in [-0.1, -0.05) is 26.0 Å². The Labute approximate surface area is 94.7 Å². The molecule has 0 saturated heterocycles. The lowest BCUT2D eigenvalue weighted by Gasteiger charge is -2.06. The van der Waals surface area contributed by atoms with Gasteiger partial charge in [0.25, 0.3) is 5.91 Å². The van der Waals surface area contributed by atoms with Crippen LogP contribution in [0.5, 0.6) is 0 Å². The average Bonchev–Trinajstić information content (AvgIpc) is 2.17. The van der Waals surface area contributed by atoms with Gasteiger partial charge in [-0.25, -0.2) is 0 Å². The number of rotatable bonds is 2. The summed E-state index contributed by atoms with van der Waals surface area (Å²) in [5, 5.41) is 2.37. The maximum Gasteiger partial charge on any atom is 0.257 e. The van der Waals surface area contributed by atoms with Gasteiger partial charge in [-0.2, -0.15) is 0 Å². The third-order valence-corrected chi connectivity index (χ3v) is 2.18. The number of hydrogen-bond donors (Lipinski definition) is 2. The Bertz CT molecular complexity index is 371. The van der Waals surface area contributed by atoms with Crippen LogP contribution in [0.2, 0.25) is 0 Å². The summed E-state index contributed by atoms with van der Waals surface area (Å²) in [7, 11) is 0. The van der Waals surface area contributed by atoms with E-state index >= 15 is 0 Å². The summed E-state index contributed by atoms with van der Waals surface area (Å²) in [5.74, 6) is 0.190. The number of carbonyl (C=O) groups is 1. The van der Waals surface area contributed by atoms with Gasteiger partial charge in [0.1, 0.15) is 0 Å². The van der Waals surface area contributed by atoms with Gasteiger partial charge in [0, 0.05) is 5.56 Å². The van der Waals surface area contributed by atoms with E-state index in [1.165, 1.54) is 5.56 Å². The lowest BCUT2D eigenvalue weighted by Crippen LogP contribution is -2.34. The molecule has 3 N–H and O–H groups in total. The lowest BCUT2D eigenvalue weighted by molar-refractivity contribution is 0.0977. The van der Waals surface area contributed by atoms with E-state index in [1.54, 1.807) is 12.1 Å². The maximum absolute atomic E-state index is 11.5. The Morgan fingerprint density at radius 1 is 1.33 bits per heavy atom. The molecule has 1 amide bonds. The van der Waals surface area contributed by atoms with Crippen molar-refractivity contribution in [3.05, 3.63) is 35.4 Å². The zero-order valence-electron chi connectivity index (χ0n) is 8.78. The summed E-state index contributed by atoms with van der Waals surface area (Å²) in [4.78, 5) is 11.5. The first-order valence-corrected chi connectivity index (χ1v) is 5.12. The van der Waals surface area contributed by atoms with Crippen LogP contribution in [-0.2, 0) is 0 Å². The molecule has 0 fully saturated rings. The predicted molar refractivity (Wildman–Crippen MR) is 64.8 cm³/mol. The first-order valence-electron chi connectivity index (χ1n) is 4.71. The van der Waals surface area contributed by atoms with E-state index in [-0.39, 0.29) is 11.0 Å². The second-order valence-corrected chi connectivity index (χ2v) is 4.03. The molecule has 0 aromatic heterocycles. The van der Waals surface area contributed by atoms with E-state index < -0.39 is 0 Å². The molecule has 1 aromatic rings. The molecule has 15 heavy (non-hydrogen) atoms. The van der Waals surface area contributed by atoms with Crippen molar-refractivity contribution in [1.29, 1.82) is 0 Å². The zero-order valence-corrected chi connectivity index (χ0v) is 9.60. The predicted octanol–water partition coefficient (Wildman–Crippen LogP) is 1.78. The summed E-state index contributed by atoms with van der Waals surface area (Å²) in [5.41, 5.74) is 6.97. The molecular weight excluding hydrogens is 208 g/mol. The zero-order chi connectivity index (χ0) is 11.4. The fraction of sp³-hybridized carbons (Fsp3) is 0.273. The minimum Gasteiger partial charge on any atom is -0.376 e. The first kappa shape index (κ1) is 11.7. The number of amides is 1. The van der Waals surface area contributed by atoms with Crippen molar-refractivity contribution >= 4 is 23.2 Å². The van der Waals surface area contributed by atoms with Crippen LogP contribution < -0.4 is 11.1 Å². The quantitative estimate of drug-likeness (QED) is 0.750. The van der Waals surface area contributed by atoms with Gasteiger partial charge in [-0.15, -0.1) is 0 Å². The molecular formula is C11H14N2OS. The standard InChI is InChI=1S/C11H14N2OS/c1-7(2)8-3-5-9(6-4-8)10(14)13-11(12)15/h3-7H,1-2H3,(H3,12,13,14,15). The molecule has 1 aromatic carbocycles. The van der Waals surface area contributed by atoms with Crippen molar-refractivity contribution < 1.29 is 4.79 Å². The van der Waals surface area contributed by atoms with E-state index in [0.29, 0.717) is 11.5 Å². The number of benzene rings is 1. The first-order chi connectivity index (χ1) is 7.00. The molecule has 0 radical (unpaired) electrons. The smallest absolute Gasteiger partial charge is 0.257 e. The van der Waals surface area contributed by atoms with Crippen LogP contribution in [-0.4, -0.2) is 11.0 Å². The normalized spacial score (nSPS) is 10.1. The second-order valence-electron chi connectivity index (χ2n) is 3.60. The van der Waals surface area contributed by atoms with Gasteiger partial charge >= 0.3 is 0 Å². The molecule has 3 nitrogen and oxygen atoms in total. The van der Waals surface area contributed by atoms with E-state index in [0.717, 1.165) is 0 Å². The monoisotopic (exact) mass is 222 g/mol. The number of carbonyl (C=O) groups excluding carboxylic acids is 1. The largest absolute Gasteiger partial charge is 0.376 e. The maximum atomic E-state index is 11.5. The Balaban J connectivity index is 2.80. The van der Waals surface area contributed by atoms with Crippen molar-refractivity contribution in [3.63, 3.8) is 0 Å². The molecule has 0 bridgehead atoms. The fourth-order valence-corrected chi connectivity index (χ4v) is 1.30. The van der Waals surface area contributed by atoms with Gasteiger partial charge in [0.15, 0.2) is 5.11 Å². The third-order valence-electron chi connectivity index (χ3n) is 2.08. The highest BCUT2D eigenvalue weighted by Crippen LogP contribution is 2.14. The van der Waals surface area contributed by atoms with Crippen LogP contribution in [0.1, 0.15) is 35.7 Å². The molecule has 0 aliphatic rings. The molecule has 0 heterocycles. The van der Waals surface area contributed by atoms with Gasteiger partial charge in [0.2, 0.25) is 0 Å². The van der Waals surface area contributed by atoms with Crippen molar-refractivity contribution in [2.24, 2.45) is 5.73 Å². The number of nitrogens with two attached hydrogens (primary N) is 1. The molecule has 0 aliphatic heterocycles. The van der Waals surface area contributed by atoms with Crippen LogP contribution in [0.15, 0.2) is 24.3 Å². The van der Waals surface area contributed by atoms with Crippen LogP contribution in [0, 0.1) is 0 Å². The van der Waals surface area contributed by atoms with Crippen LogP contribution >= 0.6 is 12.2 Å². The molecule has 80 valence electrons. The average molecular weight is 222 g/mol. The van der Waals surface area contributed by atoms with Crippen LogP contribution in [0.4, 0.5) is 0 Å². The summed E-state index contributed by atoms with van der Waals surface area (Å²) >= 11 is 4.58.